The molecule has 1 fully saturated rings. The molecule has 1 aliphatic heterocycles. The van der Waals surface area contributed by atoms with Crippen LogP contribution in [0.15, 0.2) is 17.0 Å². The quantitative estimate of drug-likeness (QED) is 0.796. The van der Waals surface area contributed by atoms with Crippen LogP contribution < -0.4 is 9.47 Å². The molecule has 0 spiro atoms. The van der Waals surface area contributed by atoms with Crippen LogP contribution in [0.5, 0.6) is 11.5 Å². The number of amides is 1. The highest BCUT2D eigenvalue weighted by atomic mass is 32.2. The summed E-state index contributed by atoms with van der Waals surface area (Å²) in [5.41, 5.74) is 0.622. The van der Waals surface area contributed by atoms with Crippen LogP contribution in [0.3, 0.4) is 0 Å². The van der Waals surface area contributed by atoms with Gasteiger partial charge in [-0.25, -0.2) is 13.2 Å². The number of nitrogens with zero attached hydrogens (tertiary/aromatic N) is 2. The minimum absolute atomic E-state index is 0.0971. The lowest BCUT2D eigenvalue weighted by atomic mass is 10.2. The van der Waals surface area contributed by atoms with Crippen LogP contribution >= 0.6 is 0 Å². The summed E-state index contributed by atoms with van der Waals surface area (Å²) in [6.45, 7) is 3.01. The molecule has 0 N–H and O–H groups in total. The molecule has 0 aromatic heterocycles. The van der Waals surface area contributed by atoms with Crippen molar-refractivity contribution in [3.8, 4) is 11.5 Å². The molecular weight excluding hydrogens is 348 g/mol. The van der Waals surface area contributed by atoms with E-state index in [-0.39, 0.29) is 23.7 Å². The van der Waals surface area contributed by atoms with E-state index >= 15 is 0 Å². The molecule has 9 heteroatoms. The van der Waals surface area contributed by atoms with Crippen LogP contribution in [0.1, 0.15) is 12.0 Å². The van der Waals surface area contributed by atoms with Gasteiger partial charge in [-0.15, -0.1) is 0 Å². The van der Waals surface area contributed by atoms with Crippen molar-refractivity contribution < 1.29 is 27.4 Å². The second kappa shape index (κ2) is 7.92. The topological polar surface area (TPSA) is 85.4 Å². The van der Waals surface area contributed by atoms with Gasteiger partial charge in [-0.05, 0) is 25.5 Å². The second-order valence-electron chi connectivity index (χ2n) is 5.64. The van der Waals surface area contributed by atoms with Gasteiger partial charge in [-0.3, -0.25) is 0 Å². The molecule has 1 aliphatic rings. The number of benzene rings is 1. The fourth-order valence-electron chi connectivity index (χ4n) is 2.91. The summed E-state index contributed by atoms with van der Waals surface area (Å²) in [4.78, 5) is 13.3. The summed E-state index contributed by atoms with van der Waals surface area (Å²) >= 11 is 0. The van der Waals surface area contributed by atoms with Gasteiger partial charge in [-0.1, -0.05) is 0 Å². The van der Waals surface area contributed by atoms with Crippen LogP contribution in [0, 0.1) is 6.92 Å². The van der Waals surface area contributed by atoms with Gasteiger partial charge in [-0.2, -0.15) is 4.31 Å². The first kappa shape index (κ1) is 19.3. The Morgan fingerprint density at radius 3 is 2.36 bits per heavy atom. The highest BCUT2D eigenvalue weighted by Gasteiger charge is 2.31. The fraction of sp³-hybridized carbons (Fsp3) is 0.562. The summed E-state index contributed by atoms with van der Waals surface area (Å²) in [5.74, 6) is 0.831. The number of methoxy groups -OCH3 is 3. The Bertz CT molecular complexity index is 734. The zero-order chi connectivity index (χ0) is 18.6. The molecule has 2 rings (SSSR count). The SMILES string of the molecule is COC(=O)N1CCCN(S(=O)(=O)c2ccc(OC)c(C)c2OC)CC1. The number of rotatable bonds is 4. The standard InChI is InChI=1S/C16H24N2O6S/c1-12-13(22-2)6-7-14(15(12)23-3)25(20,21)18-9-5-8-17(10-11-18)16(19)24-4/h6-7H,5,8-11H2,1-4H3. The lowest BCUT2D eigenvalue weighted by Crippen LogP contribution is -2.37. The number of hydrogen-bond acceptors (Lipinski definition) is 6. The fourth-order valence-corrected chi connectivity index (χ4v) is 4.59. The molecule has 0 bridgehead atoms. The van der Waals surface area contributed by atoms with Gasteiger partial charge < -0.3 is 19.1 Å². The highest BCUT2D eigenvalue weighted by Crippen LogP contribution is 2.35. The molecule has 1 aromatic rings. The Labute approximate surface area is 148 Å². The zero-order valence-electron chi connectivity index (χ0n) is 14.9. The predicted octanol–water partition coefficient (Wildman–Crippen LogP) is 1.48. The number of hydrogen-bond donors (Lipinski definition) is 0. The van der Waals surface area contributed by atoms with E-state index in [2.05, 4.69) is 0 Å². The number of carbonyl (C=O) groups excluding carboxylic acids is 1. The molecule has 0 atom stereocenters. The van der Waals surface area contributed by atoms with Crippen LogP contribution in [-0.2, 0) is 14.8 Å². The first-order valence-corrected chi connectivity index (χ1v) is 9.35. The van der Waals surface area contributed by atoms with Crippen LogP contribution in [0.2, 0.25) is 0 Å². The summed E-state index contributed by atoms with van der Waals surface area (Å²) < 4.78 is 42.8. The Kier molecular flexibility index (Phi) is 6.12. The van der Waals surface area contributed by atoms with Crippen molar-refractivity contribution in [2.45, 2.75) is 18.2 Å². The minimum Gasteiger partial charge on any atom is -0.496 e. The molecule has 25 heavy (non-hydrogen) atoms. The smallest absolute Gasteiger partial charge is 0.409 e. The molecule has 1 aromatic carbocycles. The zero-order valence-corrected chi connectivity index (χ0v) is 15.8. The van der Waals surface area contributed by atoms with Crippen LogP contribution in [0.4, 0.5) is 4.79 Å². The van der Waals surface area contributed by atoms with E-state index < -0.39 is 16.1 Å². The van der Waals surface area contributed by atoms with Gasteiger partial charge in [0.1, 0.15) is 16.4 Å². The molecule has 0 saturated carbocycles. The largest absolute Gasteiger partial charge is 0.496 e. The van der Waals surface area contributed by atoms with Gasteiger partial charge in [0, 0.05) is 31.7 Å². The Balaban J connectivity index is 2.33. The molecular formula is C16H24N2O6S. The molecule has 1 saturated heterocycles. The van der Waals surface area contributed by atoms with E-state index in [4.69, 9.17) is 14.2 Å². The van der Waals surface area contributed by atoms with Gasteiger partial charge in [0.15, 0.2) is 0 Å². The third-order valence-electron chi connectivity index (χ3n) is 4.25. The summed E-state index contributed by atoms with van der Waals surface area (Å²) in [6, 6.07) is 3.10. The van der Waals surface area contributed by atoms with Crippen molar-refractivity contribution in [2.24, 2.45) is 0 Å². The van der Waals surface area contributed by atoms with Crippen LogP contribution in [0.25, 0.3) is 0 Å². The third-order valence-corrected chi connectivity index (χ3v) is 6.17. The highest BCUT2D eigenvalue weighted by molar-refractivity contribution is 7.89. The first-order chi connectivity index (χ1) is 11.9. The number of ether oxygens (including phenoxy) is 3. The molecule has 1 heterocycles. The second-order valence-corrected chi connectivity index (χ2v) is 7.55. The van der Waals surface area contributed by atoms with Gasteiger partial charge >= 0.3 is 6.09 Å². The van der Waals surface area contributed by atoms with Crippen molar-refractivity contribution >= 4 is 16.1 Å². The maximum Gasteiger partial charge on any atom is 0.409 e. The monoisotopic (exact) mass is 372 g/mol. The van der Waals surface area contributed by atoms with Crippen molar-refractivity contribution in [1.29, 1.82) is 0 Å². The maximum absolute atomic E-state index is 13.1. The third kappa shape index (κ3) is 3.82. The van der Waals surface area contributed by atoms with Crippen molar-refractivity contribution in [1.82, 2.24) is 9.21 Å². The van der Waals surface area contributed by atoms with Crippen molar-refractivity contribution in [3.05, 3.63) is 17.7 Å². The average molecular weight is 372 g/mol. The van der Waals surface area contributed by atoms with E-state index in [0.29, 0.717) is 30.8 Å². The van der Waals surface area contributed by atoms with Crippen molar-refractivity contribution in [3.63, 3.8) is 0 Å². The maximum atomic E-state index is 13.1. The van der Waals surface area contributed by atoms with Gasteiger partial charge in [0.25, 0.3) is 0 Å². The Morgan fingerprint density at radius 2 is 1.76 bits per heavy atom. The molecule has 0 radical (unpaired) electrons. The van der Waals surface area contributed by atoms with Gasteiger partial charge in [0.2, 0.25) is 10.0 Å². The van der Waals surface area contributed by atoms with Crippen molar-refractivity contribution in [2.75, 3.05) is 47.5 Å². The van der Waals surface area contributed by atoms with Gasteiger partial charge in [0.05, 0.1) is 21.3 Å². The summed E-state index contributed by atoms with van der Waals surface area (Å²) in [6.07, 6.45) is 0.0864. The lowest BCUT2D eigenvalue weighted by molar-refractivity contribution is 0.126. The van der Waals surface area contributed by atoms with E-state index in [1.807, 2.05) is 0 Å². The molecule has 8 nitrogen and oxygen atoms in total. The Morgan fingerprint density at radius 1 is 1.04 bits per heavy atom. The summed E-state index contributed by atoms with van der Waals surface area (Å²) in [5, 5.41) is 0. The van der Waals surface area contributed by atoms with E-state index in [9.17, 15) is 13.2 Å². The normalized spacial score (nSPS) is 16.2. The van der Waals surface area contributed by atoms with Crippen LogP contribution in [-0.4, -0.2) is 71.2 Å². The lowest BCUT2D eigenvalue weighted by Gasteiger charge is -2.23. The van der Waals surface area contributed by atoms with E-state index in [1.165, 1.54) is 36.6 Å². The molecule has 0 unspecified atom stereocenters. The average Bonchev–Trinajstić information content (AvgIpc) is 2.87. The summed E-state index contributed by atoms with van der Waals surface area (Å²) in [7, 11) is 0.508. The molecule has 1 amide bonds. The number of carbonyl (C=O) groups is 1. The molecule has 0 aliphatic carbocycles. The molecule has 140 valence electrons. The number of sulfonamides is 1. The van der Waals surface area contributed by atoms with E-state index in [1.54, 1.807) is 13.0 Å². The Hall–Kier alpha value is -2.00. The predicted molar refractivity (Wildman–Crippen MR) is 91.6 cm³/mol. The van der Waals surface area contributed by atoms with E-state index in [0.717, 1.165) is 0 Å². The minimum atomic E-state index is -3.76. The first-order valence-electron chi connectivity index (χ1n) is 7.91.